The van der Waals surface area contributed by atoms with E-state index in [1.165, 1.54) is 24.4 Å². The highest BCUT2D eigenvalue weighted by Crippen LogP contribution is 2.38. The van der Waals surface area contributed by atoms with Crippen molar-refractivity contribution in [2.45, 2.75) is 17.9 Å². The van der Waals surface area contributed by atoms with Crippen molar-refractivity contribution in [3.63, 3.8) is 0 Å². The van der Waals surface area contributed by atoms with Crippen LogP contribution in [0.4, 0.5) is 4.39 Å². The van der Waals surface area contributed by atoms with Crippen LogP contribution in [0.3, 0.4) is 0 Å². The zero-order chi connectivity index (χ0) is 17.6. The Balaban J connectivity index is 1.99. The van der Waals surface area contributed by atoms with E-state index in [0.29, 0.717) is 29.6 Å². The van der Waals surface area contributed by atoms with Crippen LogP contribution in [-0.2, 0) is 10.0 Å². The maximum absolute atomic E-state index is 14.6. The van der Waals surface area contributed by atoms with Gasteiger partial charge in [-0.2, -0.15) is 0 Å². The fraction of sp³-hybridized carbons (Fsp3) is 0.222. The molecule has 0 fully saturated rings. The molecule has 1 unspecified atom stereocenters. The molecule has 7 heteroatoms. The molecule has 1 atom stereocenters. The molecule has 1 N–H and O–H groups in total. The third-order valence-corrected chi connectivity index (χ3v) is 6.14. The van der Waals surface area contributed by atoms with Crippen LogP contribution >= 0.6 is 0 Å². The number of ether oxygens (including phenoxy) is 1. The topological polar surface area (TPSA) is 60.3 Å². The lowest BCUT2D eigenvalue weighted by molar-refractivity contribution is 0.309. The fourth-order valence-electron chi connectivity index (χ4n) is 3.26. The number of aromatic nitrogens is 1. The second kappa shape index (κ2) is 5.86. The number of nitrogens with one attached hydrogen (secondary N) is 1. The summed E-state index contributed by atoms with van der Waals surface area (Å²) in [6, 6.07) is 10.9. The van der Waals surface area contributed by atoms with Crippen LogP contribution in [0.1, 0.15) is 18.5 Å². The fourth-order valence-corrected chi connectivity index (χ4v) is 4.61. The Morgan fingerprint density at radius 3 is 2.76 bits per heavy atom. The summed E-state index contributed by atoms with van der Waals surface area (Å²) in [5.74, 6) is -0.360. The minimum Gasteiger partial charge on any atom is -0.489 e. The van der Waals surface area contributed by atoms with E-state index in [9.17, 15) is 12.8 Å². The van der Waals surface area contributed by atoms with Gasteiger partial charge in [-0.05, 0) is 25.1 Å². The molecule has 0 bridgehead atoms. The SMILES string of the molecule is CC1NCCOc2c(F)cc3c(ccn3S(=O)(=O)c3ccccc3)c21. The van der Waals surface area contributed by atoms with Crippen molar-refractivity contribution in [1.82, 2.24) is 9.29 Å². The minimum absolute atomic E-state index is 0.147. The first-order valence-electron chi connectivity index (χ1n) is 8.00. The molecule has 0 saturated heterocycles. The lowest BCUT2D eigenvalue weighted by Crippen LogP contribution is -2.20. The van der Waals surface area contributed by atoms with E-state index >= 15 is 0 Å². The maximum Gasteiger partial charge on any atom is 0.268 e. The molecule has 0 amide bonds. The highest BCUT2D eigenvalue weighted by molar-refractivity contribution is 7.90. The molecule has 0 aliphatic carbocycles. The Hall–Kier alpha value is -2.38. The number of hydrogen-bond acceptors (Lipinski definition) is 4. The van der Waals surface area contributed by atoms with Gasteiger partial charge in [0, 0.05) is 35.8 Å². The van der Waals surface area contributed by atoms with Gasteiger partial charge >= 0.3 is 0 Å². The zero-order valence-electron chi connectivity index (χ0n) is 13.6. The lowest BCUT2D eigenvalue weighted by Gasteiger charge is -2.15. The summed E-state index contributed by atoms with van der Waals surface area (Å²) in [4.78, 5) is 0.158. The molecular weight excluding hydrogens is 343 g/mol. The normalized spacial score (nSPS) is 17.8. The van der Waals surface area contributed by atoms with Crippen molar-refractivity contribution in [1.29, 1.82) is 0 Å². The molecule has 0 spiro atoms. The monoisotopic (exact) mass is 360 g/mol. The standard InChI is InChI=1S/C18H17FN2O3S/c1-12-17-14-7-9-21(25(22,23)13-5-3-2-4-6-13)16(14)11-15(19)18(17)24-10-8-20-12/h2-7,9,11-12,20H,8,10H2,1H3. The summed E-state index contributed by atoms with van der Waals surface area (Å²) in [6.07, 6.45) is 1.46. The van der Waals surface area contributed by atoms with Crippen LogP contribution in [0.5, 0.6) is 5.75 Å². The summed E-state index contributed by atoms with van der Waals surface area (Å²) < 4.78 is 47.2. The van der Waals surface area contributed by atoms with Crippen molar-refractivity contribution < 1.29 is 17.5 Å². The molecule has 25 heavy (non-hydrogen) atoms. The molecule has 3 aromatic rings. The van der Waals surface area contributed by atoms with Crippen molar-refractivity contribution in [3.8, 4) is 5.75 Å². The Kier molecular flexibility index (Phi) is 3.77. The van der Waals surface area contributed by atoms with E-state index in [-0.39, 0.29) is 16.7 Å². The zero-order valence-corrected chi connectivity index (χ0v) is 14.4. The number of nitrogens with zero attached hydrogens (tertiary/aromatic N) is 1. The first-order valence-corrected chi connectivity index (χ1v) is 9.44. The molecule has 2 aromatic carbocycles. The third kappa shape index (κ3) is 2.51. The largest absolute Gasteiger partial charge is 0.489 e. The Labute approximate surface area is 145 Å². The number of fused-ring (bicyclic) bond motifs is 3. The maximum atomic E-state index is 14.6. The number of benzene rings is 2. The first kappa shape index (κ1) is 16.1. The van der Waals surface area contributed by atoms with E-state index in [1.54, 1.807) is 24.3 Å². The first-order chi connectivity index (χ1) is 12.0. The van der Waals surface area contributed by atoms with Gasteiger partial charge < -0.3 is 10.1 Å². The van der Waals surface area contributed by atoms with Gasteiger partial charge in [-0.25, -0.2) is 16.8 Å². The van der Waals surface area contributed by atoms with Crippen LogP contribution in [0, 0.1) is 5.82 Å². The molecule has 1 aliphatic rings. The molecule has 1 aromatic heterocycles. The Bertz CT molecular complexity index is 1050. The molecule has 0 saturated carbocycles. The van der Waals surface area contributed by atoms with Gasteiger partial charge in [0.1, 0.15) is 6.61 Å². The van der Waals surface area contributed by atoms with E-state index in [0.717, 1.165) is 3.97 Å². The average Bonchev–Trinajstić information content (AvgIpc) is 2.93. The second-order valence-corrected chi connectivity index (χ2v) is 7.80. The van der Waals surface area contributed by atoms with Crippen LogP contribution in [0.2, 0.25) is 0 Å². The molecular formula is C18H17FN2O3S. The van der Waals surface area contributed by atoms with E-state index < -0.39 is 15.8 Å². The third-order valence-electron chi connectivity index (χ3n) is 4.44. The van der Waals surface area contributed by atoms with Gasteiger partial charge in [-0.15, -0.1) is 0 Å². The van der Waals surface area contributed by atoms with Crippen molar-refractivity contribution in [3.05, 3.63) is 60.0 Å². The van der Waals surface area contributed by atoms with Crippen molar-refractivity contribution in [2.75, 3.05) is 13.2 Å². The van der Waals surface area contributed by atoms with Gasteiger partial charge in [-0.1, -0.05) is 18.2 Å². The van der Waals surface area contributed by atoms with E-state index in [1.807, 2.05) is 6.92 Å². The summed E-state index contributed by atoms with van der Waals surface area (Å²) in [6.45, 7) is 2.87. The predicted molar refractivity (Wildman–Crippen MR) is 92.8 cm³/mol. The van der Waals surface area contributed by atoms with Crippen LogP contribution in [0.25, 0.3) is 10.9 Å². The quantitative estimate of drug-likeness (QED) is 0.763. The number of halogens is 1. The minimum atomic E-state index is -3.80. The Morgan fingerprint density at radius 1 is 1.24 bits per heavy atom. The van der Waals surface area contributed by atoms with Gasteiger partial charge in [0.25, 0.3) is 10.0 Å². The predicted octanol–water partition coefficient (Wildman–Crippen LogP) is 3.06. The molecule has 2 heterocycles. The number of hydrogen-bond donors (Lipinski definition) is 1. The molecule has 130 valence electrons. The van der Waals surface area contributed by atoms with E-state index in [4.69, 9.17) is 4.74 Å². The van der Waals surface area contributed by atoms with Crippen LogP contribution in [0.15, 0.2) is 53.6 Å². The lowest BCUT2D eigenvalue weighted by atomic mass is 10.0. The molecule has 1 aliphatic heterocycles. The molecule has 0 radical (unpaired) electrons. The van der Waals surface area contributed by atoms with Crippen molar-refractivity contribution in [2.24, 2.45) is 0 Å². The highest BCUT2D eigenvalue weighted by Gasteiger charge is 2.26. The van der Waals surface area contributed by atoms with Crippen molar-refractivity contribution >= 4 is 20.9 Å². The molecule has 4 rings (SSSR count). The van der Waals surface area contributed by atoms with Gasteiger partial charge in [-0.3, -0.25) is 0 Å². The smallest absolute Gasteiger partial charge is 0.268 e. The summed E-state index contributed by atoms with van der Waals surface area (Å²) in [7, 11) is -3.80. The van der Waals surface area contributed by atoms with E-state index in [2.05, 4.69) is 5.32 Å². The highest BCUT2D eigenvalue weighted by atomic mass is 32.2. The van der Waals surface area contributed by atoms with Gasteiger partial charge in [0.05, 0.1) is 10.4 Å². The molecule has 5 nitrogen and oxygen atoms in total. The van der Waals surface area contributed by atoms with Gasteiger partial charge in [0.15, 0.2) is 11.6 Å². The number of rotatable bonds is 2. The van der Waals surface area contributed by atoms with Gasteiger partial charge in [0.2, 0.25) is 0 Å². The average molecular weight is 360 g/mol. The van der Waals surface area contributed by atoms with Crippen LogP contribution in [-0.4, -0.2) is 25.5 Å². The van der Waals surface area contributed by atoms with Crippen LogP contribution < -0.4 is 10.1 Å². The Morgan fingerprint density at radius 2 is 2.00 bits per heavy atom. The summed E-state index contributed by atoms with van der Waals surface area (Å²) in [5, 5.41) is 3.91. The summed E-state index contributed by atoms with van der Waals surface area (Å²) >= 11 is 0. The second-order valence-electron chi connectivity index (χ2n) is 5.99. The summed E-state index contributed by atoms with van der Waals surface area (Å²) in [5.41, 5.74) is 0.953.